The van der Waals surface area contributed by atoms with Gasteiger partial charge in [0.2, 0.25) is 0 Å². The second kappa shape index (κ2) is 19.9. The summed E-state index contributed by atoms with van der Waals surface area (Å²) in [5.41, 5.74) is 23.8. The van der Waals surface area contributed by atoms with Gasteiger partial charge in [0.05, 0.1) is 5.41 Å². The van der Waals surface area contributed by atoms with Crippen LogP contribution in [0.1, 0.15) is 74.9 Å². The molecule has 87 heavy (non-hydrogen) atoms. The number of benzene rings is 14. The first-order chi connectivity index (χ1) is 42.4. The van der Waals surface area contributed by atoms with Crippen LogP contribution in [0, 0.1) is 0 Å². The van der Waals surface area contributed by atoms with Gasteiger partial charge in [-0.25, -0.2) is 0 Å². The Balaban J connectivity index is 0.941. The fraction of sp³-hybridized carbons (Fsp3) is 0.106. The van der Waals surface area contributed by atoms with Gasteiger partial charge in [0.15, 0.2) is 0 Å². The molecule has 2 aliphatic carbocycles. The second-order valence-corrected chi connectivity index (χ2v) is 26.0. The highest BCUT2D eigenvalue weighted by atomic mass is 15.1. The predicted octanol–water partition coefficient (Wildman–Crippen LogP) is 23.5. The van der Waals surface area contributed by atoms with Gasteiger partial charge in [-0.05, 0) is 205 Å². The molecule has 14 aromatic carbocycles. The van der Waals surface area contributed by atoms with Crippen LogP contribution in [0.5, 0.6) is 0 Å². The molecule has 0 unspecified atom stereocenters. The Bertz CT molecular complexity index is 5010. The molecule has 0 N–H and O–H groups in total. The van der Waals surface area contributed by atoms with Gasteiger partial charge in [-0.15, -0.1) is 0 Å². The molecule has 0 atom stereocenters. The van der Waals surface area contributed by atoms with Gasteiger partial charge in [0.25, 0.3) is 0 Å². The zero-order valence-corrected chi connectivity index (χ0v) is 50.1. The Hall–Kier alpha value is -10.3. The average Bonchev–Trinajstić information content (AvgIpc) is 1.50. The highest BCUT2D eigenvalue weighted by Crippen LogP contribution is 2.66. The lowest BCUT2D eigenvalue weighted by Gasteiger charge is -2.33. The van der Waals surface area contributed by atoms with Gasteiger partial charge in [-0.2, -0.15) is 0 Å². The van der Waals surface area contributed by atoms with Crippen molar-refractivity contribution in [3.8, 4) is 44.5 Å². The molecule has 416 valence electrons. The molecule has 2 heteroatoms. The van der Waals surface area contributed by atoms with Crippen LogP contribution in [0.4, 0.5) is 34.1 Å². The summed E-state index contributed by atoms with van der Waals surface area (Å²) in [6, 6.07) is 110. The smallest absolute Gasteiger partial charge is 0.0732 e. The molecular formula is C85H66N2. The van der Waals surface area contributed by atoms with Gasteiger partial charge < -0.3 is 9.80 Å². The molecule has 0 amide bonds. The molecule has 0 heterocycles. The molecule has 2 nitrogen and oxygen atoms in total. The molecule has 1 spiro atoms. The van der Waals surface area contributed by atoms with Crippen LogP contribution < -0.4 is 9.80 Å². The third-order valence-electron chi connectivity index (χ3n) is 18.9. The second-order valence-electron chi connectivity index (χ2n) is 26.0. The maximum Gasteiger partial charge on any atom is 0.0732 e. The molecule has 0 radical (unpaired) electrons. The fourth-order valence-electron chi connectivity index (χ4n) is 14.8. The van der Waals surface area contributed by atoms with Crippen LogP contribution in [0.3, 0.4) is 0 Å². The summed E-state index contributed by atoms with van der Waals surface area (Å²) in [7, 11) is 0. The fourth-order valence-corrected chi connectivity index (χ4v) is 14.8. The van der Waals surface area contributed by atoms with E-state index in [4.69, 9.17) is 0 Å². The number of hydrogen-bond acceptors (Lipinski definition) is 2. The molecule has 0 aliphatic heterocycles. The van der Waals surface area contributed by atoms with E-state index in [0.717, 1.165) is 34.1 Å². The van der Waals surface area contributed by atoms with E-state index >= 15 is 0 Å². The Kier molecular flexibility index (Phi) is 12.0. The Morgan fingerprint density at radius 2 is 0.655 bits per heavy atom. The predicted molar refractivity (Wildman–Crippen MR) is 370 cm³/mol. The summed E-state index contributed by atoms with van der Waals surface area (Å²) in [5, 5.41) is 9.92. The van der Waals surface area contributed by atoms with Crippen LogP contribution in [-0.2, 0) is 16.2 Å². The van der Waals surface area contributed by atoms with Gasteiger partial charge in [0.1, 0.15) is 0 Å². The first-order valence-electron chi connectivity index (χ1n) is 30.7. The normalized spacial score (nSPS) is 13.0. The van der Waals surface area contributed by atoms with E-state index in [0.29, 0.717) is 0 Å². The molecule has 2 aliphatic rings. The van der Waals surface area contributed by atoms with Crippen molar-refractivity contribution in [1.82, 2.24) is 0 Å². The summed E-state index contributed by atoms with van der Waals surface area (Å²) in [5.74, 6) is 0. The summed E-state index contributed by atoms with van der Waals surface area (Å²) in [4.78, 5) is 4.96. The Morgan fingerprint density at radius 3 is 1.18 bits per heavy atom. The number of rotatable bonds is 8. The van der Waals surface area contributed by atoms with Crippen molar-refractivity contribution in [2.75, 3.05) is 9.80 Å². The van der Waals surface area contributed by atoms with Crippen molar-refractivity contribution in [3.05, 3.63) is 325 Å². The third-order valence-corrected chi connectivity index (χ3v) is 18.9. The molecular weight excluding hydrogens is 1050 g/mol. The summed E-state index contributed by atoms with van der Waals surface area (Å²) < 4.78 is 0. The van der Waals surface area contributed by atoms with E-state index in [1.54, 1.807) is 0 Å². The molecule has 0 saturated carbocycles. The van der Waals surface area contributed by atoms with E-state index in [1.165, 1.54) is 121 Å². The number of fused-ring (bicyclic) bond motifs is 17. The maximum absolute atomic E-state index is 2.55. The lowest BCUT2D eigenvalue weighted by atomic mass is 9.69. The van der Waals surface area contributed by atoms with Gasteiger partial charge >= 0.3 is 0 Å². The van der Waals surface area contributed by atoms with Gasteiger partial charge in [0, 0.05) is 34.1 Å². The molecule has 14 aromatic rings. The van der Waals surface area contributed by atoms with E-state index in [2.05, 4.69) is 343 Å². The first-order valence-corrected chi connectivity index (χ1v) is 30.7. The Morgan fingerprint density at radius 1 is 0.253 bits per heavy atom. The molecule has 16 rings (SSSR count). The topological polar surface area (TPSA) is 6.48 Å². The van der Waals surface area contributed by atoms with Crippen molar-refractivity contribution >= 4 is 77.2 Å². The zero-order valence-electron chi connectivity index (χ0n) is 50.1. The summed E-state index contributed by atoms with van der Waals surface area (Å²) in [6.45, 7) is 13.8. The van der Waals surface area contributed by atoms with Crippen LogP contribution in [-0.4, -0.2) is 0 Å². The monoisotopic (exact) mass is 1110 g/mol. The van der Waals surface area contributed by atoms with Crippen LogP contribution in [0.25, 0.3) is 87.6 Å². The SMILES string of the molecule is CC(C)(C)c1ccc(N(c2cccc(-c3cccc4ccccc34)c2)c2ccc3c(c2)C2(c4ccccc4-c4ccccc42)c2c-3c3ccccc3c3cc(N(c4ccc(C(C)(C)C)cc4)c4cccc(-c5cccc6ccccc56)c4)ccc23)cc1. The van der Waals surface area contributed by atoms with Crippen LogP contribution in [0.15, 0.2) is 291 Å². The van der Waals surface area contributed by atoms with Crippen molar-refractivity contribution in [2.24, 2.45) is 0 Å². The lowest BCUT2D eigenvalue weighted by molar-refractivity contribution is 0.590. The minimum absolute atomic E-state index is 0.00189. The maximum atomic E-state index is 2.55. The quantitative estimate of drug-likeness (QED) is 0.140. The van der Waals surface area contributed by atoms with Crippen molar-refractivity contribution in [1.29, 1.82) is 0 Å². The lowest BCUT2D eigenvalue weighted by Crippen LogP contribution is -2.26. The summed E-state index contributed by atoms with van der Waals surface area (Å²) >= 11 is 0. The van der Waals surface area contributed by atoms with E-state index in [1.807, 2.05) is 0 Å². The van der Waals surface area contributed by atoms with Crippen molar-refractivity contribution in [2.45, 2.75) is 57.8 Å². The van der Waals surface area contributed by atoms with Crippen molar-refractivity contribution in [3.63, 3.8) is 0 Å². The van der Waals surface area contributed by atoms with Crippen molar-refractivity contribution < 1.29 is 0 Å². The average molecular weight is 1120 g/mol. The first kappa shape index (κ1) is 52.3. The molecule has 0 saturated heterocycles. The number of hydrogen-bond donors (Lipinski definition) is 0. The molecule has 0 bridgehead atoms. The van der Waals surface area contributed by atoms with Gasteiger partial charge in [-0.3, -0.25) is 0 Å². The van der Waals surface area contributed by atoms with Crippen LogP contribution in [0.2, 0.25) is 0 Å². The number of anilines is 6. The molecule has 0 fully saturated rings. The summed E-state index contributed by atoms with van der Waals surface area (Å²) in [6.07, 6.45) is 0. The third kappa shape index (κ3) is 8.30. The van der Waals surface area contributed by atoms with E-state index in [-0.39, 0.29) is 10.8 Å². The molecule has 0 aromatic heterocycles. The zero-order chi connectivity index (χ0) is 58.8. The number of nitrogens with zero attached hydrogens (tertiary/aromatic N) is 2. The minimum Gasteiger partial charge on any atom is -0.310 e. The standard InChI is InChI=1S/C85H66N2/c1-83(2,3)59-39-43-61(44-40-59)86(63-27-17-25-57(51-63)69-35-19-23-55-21-7-9-29-67(55)69)65-47-49-75-77(53-65)71-31-11-12-34-74(71)81-76-50-48-66(54-80(76)85(82(75)81)78-37-15-13-32-72(78)73-33-14-16-38-79(73)85)87(62-45-41-60(42-46-62)84(4,5)6)64-28-18-26-58(52-64)70-36-20-24-56-22-8-10-30-68(56)70/h7-54H,1-6H3. The minimum atomic E-state index is -0.667. The van der Waals surface area contributed by atoms with E-state index in [9.17, 15) is 0 Å². The highest BCUT2D eigenvalue weighted by Gasteiger charge is 2.53. The van der Waals surface area contributed by atoms with Gasteiger partial charge in [-0.1, -0.05) is 260 Å². The Labute approximate surface area is 510 Å². The van der Waals surface area contributed by atoms with E-state index < -0.39 is 5.41 Å². The largest absolute Gasteiger partial charge is 0.310 e. The van der Waals surface area contributed by atoms with Crippen LogP contribution >= 0.6 is 0 Å². The highest BCUT2D eigenvalue weighted by molar-refractivity contribution is 6.21.